The van der Waals surface area contributed by atoms with Crippen molar-refractivity contribution < 1.29 is 0 Å². The molecule has 0 saturated heterocycles. The van der Waals surface area contributed by atoms with Crippen molar-refractivity contribution in [3.8, 4) is 0 Å². The van der Waals surface area contributed by atoms with Gasteiger partial charge < -0.3 is 5.73 Å². The smallest absolute Gasteiger partial charge is 0.167 e. The minimum Gasteiger partial charge on any atom is -0.322 e. The van der Waals surface area contributed by atoms with Crippen molar-refractivity contribution in [2.24, 2.45) is 11.7 Å². The number of rotatable bonds is 4. The van der Waals surface area contributed by atoms with Crippen molar-refractivity contribution in [2.45, 2.75) is 39.8 Å². The number of hydrogen-bond donors (Lipinski definition) is 1. The molecule has 0 aliphatic rings. The van der Waals surface area contributed by atoms with Gasteiger partial charge in [0.05, 0.1) is 6.04 Å². The zero-order chi connectivity index (χ0) is 9.84. The van der Waals surface area contributed by atoms with Crippen LogP contribution in [0, 0.1) is 5.92 Å². The van der Waals surface area contributed by atoms with E-state index < -0.39 is 0 Å². The highest BCUT2D eigenvalue weighted by Gasteiger charge is 2.09. The molecule has 5 nitrogen and oxygen atoms in total. The molecule has 0 radical (unpaired) electrons. The molecule has 1 atom stereocenters. The average Bonchev–Trinajstić information content (AvgIpc) is 2.47. The van der Waals surface area contributed by atoms with Crippen LogP contribution < -0.4 is 5.73 Å². The van der Waals surface area contributed by atoms with Crippen LogP contribution in [0.15, 0.2) is 0 Å². The number of aryl methyl sites for hydroxylation is 1. The summed E-state index contributed by atoms with van der Waals surface area (Å²) >= 11 is 0. The van der Waals surface area contributed by atoms with Crippen molar-refractivity contribution in [1.82, 2.24) is 20.2 Å². The van der Waals surface area contributed by atoms with Gasteiger partial charge in [-0.05, 0) is 29.7 Å². The van der Waals surface area contributed by atoms with E-state index in [-0.39, 0.29) is 6.04 Å². The second-order valence-corrected chi connectivity index (χ2v) is 3.73. The quantitative estimate of drug-likeness (QED) is 0.747. The van der Waals surface area contributed by atoms with Crippen LogP contribution in [0.2, 0.25) is 0 Å². The SMILES string of the molecule is CC(C)CCn1nnnc1C(C)N. The lowest BCUT2D eigenvalue weighted by atomic mass is 10.1. The van der Waals surface area contributed by atoms with Gasteiger partial charge in [-0.1, -0.05) is 13.8 Å². The first-order valence-electron chi connectivity index (χ1n) is 4.63. The molecule has 1 heterocycles. The van der Waals surface area contributed by atoms with E-state index in [0.29, 0.717) is 5.92 Å². The number of aromatic nitrogens is 4. The first-order valence-corrected chi connectivity index (χ1v) is 4.63. The molecule has 0 amide bonds. The summed E-state index contributed by atoms with van der Waals surface area (Å²) in [6.07, 6.45) is 1.07. The lowest BCUT2D eigenvalue weighted by molar-refractivity contribution is 0.459. The highest BCUT2D eigenvalue weighted by molar-refractivity contribution is 4.87. The first kappa shape index (κ1) is 10.1. The van der Waals surface area contributed by atoms with Gasteiger partial charge in [0, 0.05) is 6.54 Å². The van der Waals surface area contributed by atoms with Crippen LogP contribution in [-0.4, -0.2) is 20.2 Å². The molecule has 0 spiro atoms. The molecule has 0 fully saturated rings. The molecule has 1 aromatic rings. The van der Waals surface area contributed by atoms with Gasteiger partial charge in [-0.15, -0.1) is 5.10 Å². The third-order valence-corrected chi connectivity index (χ3v) is 1.89. The minimum atomic E-state index is -0.0952. The summed E-state index contributed by atoms with van der Waals surface area (Å²) < 4.78 is 1.78. The Balaban J connectivity index is 2.60. The van der Waals surface area contributed by atoms with E-state index in [1.165, 1.54) is 0 Å². The van der Waals surface area contributed by atoms with Crippen molar-refractivity contribution in [3.05, 3.63) is 5.82 Å². The molecule has 5 heteroatoms. The lowest BCUT2D eigenvalue weighted by Crippen LogP contribution is -2.15. The Kier molecular flexibility index (Phi) is 3.36. The fourth-order valence-electron chi connectivity index (χ4n) is 1.08. The van der Waals surface area contributed by atoms with E-state index in [0.717, 1.165) is 18.8 Å². The van der Waals surface area contributed by atoms with E-state index in [4.69, 9.17) is 5.73 Å². The standard InChI is InChI=1S/C8H17N5/c1-6(2)4-5-13-8(7(3)9)10-11-12-13/h6-7H,4-5,9H2,1-3H3. The Labute approximate surface area is 78.3 Å². The second kappa shape index (κ2) is 4.32. The predicted octanol–water partition coefficient (Wildman–Crippen LogP) is 0.739. The highest BCUT2D eigenvalue weighted by atomic mass is 15.5. The fraction of sp³-hybridized carbons (Fsp3) is 0.875. The maximum atomic E-state index is 5.70. The van der Waals surface area contributed by atoms with Crippen molar-refractivity contribution in [1.29, 1.82) is 0 Å². The molecule has 0 aliphatic carbocycles. The van der Waals surface area contributed by atoms with Gasteiger partial charge in [0.15, 0.2) is 5.82 Å². The van der Waals surface area contributed by atoms with Gasteiger partial charge in [-0.25, -0.2) is 4.68 Å². The lowest BCUT2D eigenvalue weighted by Gasteiger charge is -2.08. The summed E-state index contributed by atoms with van der Waals surface area (Å²) in [4.78, 5) is 0. The molecule has 1 rings (SSSR count). The van der Waals surface area contributed by atoms with Crippen LogP contribution in [0.25, 0.3) is 0 Å². The van der Waals surface area contributed by atoms with Gasteiger partial charge in [-0.2, -0.15) is 0 Å². The molecule has 2 N–H and O–H groups in total. The van der Waals surface area contributed by atoms with Crippen LogP contribution in [0.3, 0.4) is 0 Å². The summed E-state index contributed by atoms with van der Waals surface area (Å²) in [7, 11) is 0. The molecule has 1 aromatic heterocycles. The molecule has 0 aliphatic heterocycles. The zero-order valence-corrected chi connectivity index (χ0v) is 8.44. The maximum absolute atomic E-state index is 5.70. The van der Waals surface area contributed by atoms with E-state index in [2.05, 4.69) is 29.4 Å². The number of nitrogens with two attached hydrogens (primary N) is 1. The fourth-order valence-corrected chi connectivity index (χ4v) is 1.08. The first-order chi connectivity index (χ1) is 6.11. The topological polar surface area (TPSA) is 69.6 Å². The highest BCUT2D eigenvalue weighted by Crippen LogP contribution is 2.07. The monoisotopic (exact) mass is 183 g/mol. The Morgan fingerprint density at radius 1 is 1.38 bits per heavy atom. The van der Waals surface area contributed by atoms with Crippen LogP contribution >= 0.6 is 0 Å². The van der Waals surface area contributed by atoms with Crippen molar-refractivity contribution in [3.63, 3.8) is 0 Å². The van der Waals surface area contributed by atoms with Crippen LogP contribution in [0.5, 0.6) is 0 Å². The Morgan fingerprint density at radius 3 is 2.62 bits per heavy atom. The number of nitrogens with zero attached hydrogens (tertiary/aromatic N) is 4. The van der Waals surface area contributed by atoms with Crippen LogP contribution in [0.4, 0.5) is 0 Å². The maximum Gasteiger partial charge on any atom is 0.167 e. The minimum absolute atomic E-state index is 0.0952. The van der Waals surface area contributed by atoms with Crippen LogP contribution in [0.1, 0.15) is 39.1 Å². The van der Waals surface area contributed by atoms with Crippen molar-refractivity contribution in [2.75, 3.05) is 0 Å². The van der Waals surface area contributed by atoms with Gasteiger partial charge >= 0.3 is 0 Å². The summed E-state index contributed by atoms with van der Waals surface area (Å²) in [5.74, 6) is 1.42. The van der Waals surface area contributed by atoms with Gasteiger partial charge in [0.2, 0.25) is 0 Å². The molecular weight excluding hydrogens is 166 g/mol. The normalized spacial score (nSPS) is 13.6. The molecule has 1 unspecified atom stereocenters. The molecule has 0 aromatic carbocycles. The van der Waals surface area contributed by atoms with Gasteiger partial charge in [0.25, 0.3) is 0 Å². The van der Waals surface area contributed by atoms with Gasteiger partial charge in [0.1, 0.15) is 0 Å². The van der Waals surface area contributed by atoms with Crippen LogP contribution in [-0.2, 0) is 6.54 Å². The van der Waals surface area contributed by atoms with E-state index >= 15 is 0 Å². The number of hydrogen-bond acceptors (Lipinski definition) is 4. The van der Waals surface area contributed by atoms with E-state index in [1.54, 1.807) is 4.68 Å². The van der Waals surface area contributed by atoms with E-state index in [1.807, 2.05) is 6.92 Å². The largest absolute Gasteiger partial charge is 0.322 e. The molecule has 74 valence electrons. The second-order valence-electron chi connectivity index (χ2n) is 3.73. The molecule has 0 bridgehead atoms. The Bertz CT molecular complexity index is 253. The number of tetrazole rings is 1. The van der Waals surface area contributed by atoms with E-state index in [9.17, 15) is 0 Å². The summed E-state index contributed by atoms with van der Waals surface area (Å²) in [6.45, 7) is 7.09. The zero-order valence-electron chi connectivity index (χ0n) is 8.44. The third kappa shape index (κ3) is 2.77. The average molecular weight is 183 g/mol. The predicted molar refractivity (Wildman–Crippen MR) is 49.9 cm³/mol. The summed E-state index contributed by atoms with van der Waals surface area (Å²) in [5, 5.41) is 11.4. The Hall–Kier alpha value is -0.970. The summed E-state index contributed by atoms with van der Waals surface area (Å²) in [6, 6.07) is -0.0952. The molecular formula is C8H17N5. The molecule has 13 heavy (non-hydrogen) atoms. The molecule has 0 saturated carbocycles. The Morgan fingerprint density at radius 2 is 2.08 bits per heavy atom. The third-order valence-electron chi connectivity index (χ3n) is 1.89. The van der Waals surface area contributed by atoms with Crippen molar-refractivity contribution >= 4 is 0 Å². The summed E-state index contributed by atoms with van der Waals surface area (Å²) in [5.41, 5.74) is 5.70. The van der Waals surface area contributed by atoms with Gasteiger partial charge in [-0.3, -0.25) is 0 Å².